The summed E-state index contributed by atoms with van der Waals surface area (Å²) in [5.41, 5.74) is -17.7. The first-order valence-electron chi connectivity index (χ1n) is 82.1. The lowest BCUT2D eigenvalue weighted by Crippen LogP contribution is -2.45. The molecule has 6 N–H and O–H groups in total. The minimum absolute atomic E-state index is 0.00744. The number of allylic oxidation sites excluding steroid dienone is 12. The number of aromatic hydroxyl groups is 6. The largest absolute Gasteiger partial charge is 0.507 e. The minimum Gasteiger partial charge on any atom is -0.507 e. The number of unbranched alkanes of at least 4 members (excludes halogenated alkanes) is 12. The summed E-state index contributed by atoms with van der Waals surface area (Å²) < 4.78 is 588. The molecule has 6 aliphatic carbocycles. The Bertz CT molecular complexity index is 8270. The molecule has 0 spiro atoms. The van der Waals surface area contributed by atoms with E-state index in [1.807, 2.05) is 34.6 Å². The lowest BCUT2D eigenvalue weighted by Gasteiger charge is -2.46. The van der Waals surface area contributed by atoms with Crippen molar-refractivity contribution >= 4 is 0 Å². The molecule has 0 radical (unpaired) electrons. The molecule has 0 aromatic heterocycles. The molecule has 0 bridgehead atoms. The number of hydrogen-bond acceptors (Lipinski definition) is 12. The van der Waals surface area contributed by atoms with Crippen molar-refractivity contribution in [2.24, 2.45) is 35.4 Å². The van der Waals surface area contributed by atoms with E-state index < -0.39 is 340 Å². The van der Waals surface area contributed by atoms with Crippen LogP contribution < -0.4 is 28.4 Å². The van der Waals surface area contributed by atoms with Gasteiger partial charge in [0.15, 0.2) is 0 Å². The highest BCUT2D eigenvalue weighted by Crippen LogP contribution is 2.61. The van der Waals surface area contributed by atoms with Crippen LogP contribution in [0.15, 0.2) is 143 Å². The fourth-order valence-electron chi connectivity index (χ4n) is 19.9. The number of aryl methyl sites for hydroxylation is 6. The minimum atomic E-state index is -3.86. The zero-order valence-corrected chi connectivity index (χ0v) is 80.1. The van der Waals surface area contributed by atoms with Gasteiger partial charge in [0.25, 0.3) is 0 Å². The molecule has 6 aromatic carbocycles. The molecule has 12 heteroatoms. The summed E-state index contributed by atoms with van der Waals surface area (Å²) in [6.45, 7) is -36.9. The quantitative estimate of drug-likeness (QED) is 0.0250. The van der Waals surface area contributed by atoms with Crippen molar-refractivity contribution < 1.29 is 151 Å². The number of ether oxygens (including phenoxy) is 6. The van der Waals surface area contributed by atoms with E-state index in [0.717, 1.165) is 127 Å². The molecular weight excluding hydrogens is 1710 g/mol. The average Bonchev–Trinajstić information content (AvgIpc) is 0.642. The first kappa shape index (κ1) is 49.1. The highest BCUT2D eigenvalue weighted by molar-refractivity contribution is 5.60. The second kappa shape index (κ2) is 45.7. The molecule has 138 heavy (non-hydrogen) atoms. The van der Waals surface area contributed by atoms with Crippen molar-refractivity contribution in [2.45, 2.75) is 465 Å². The molecule has 12 aliphatic rings. The summed E-state index contributed by atoms with van der Waals surface area (Å²) in [4.78, 5) is 0. The third kappa shape index (κ3) is 25.0. The molecule has 6 aliphatic heterocycles. The van der Waals surface area contributed by atoms with E-state index in [1.165, 1.54) is 54.6 Å². The Morgan fingerprint density at radius 2 is 0.572 bits per heavy atom. The fraction of sp³-hybridized carbons (Fsp3) is 0.619. The molecular formula is C126H180O12. The van der Waals surface area contributed by atoms with Crippen molar-refractivity contribution in [3.8, 4) is 69.0 Å². The van der Waals surface area contributed by atoms with Gasteiger partial charge in [0.05, 0.1) is 4.11 Å². The molecule has 6 aromatic rings. The summed E-state index contributed by atoms with van der Waals surface area (Å²) in [6.07, 6.45) is 2.27. The SMILES string of the molecule is [2H]C([2H])([2H])C1(C([2H])([2H])[2H])Oc2cc(CCCCC)cc(O)c2[C@]2([2H])C=C(C)CC[C@@H]12.[2H]C([2H])([2H])C1=C[C@H]2c3c(O)cc(CCCCC)cc3OC(C([2H])([2H])[2H])(C([2H])([2H])[2H])[C@@H]2CC1.[2H]C([2H])([2H])C1=C[C@H]2c3c(O)cc(CCCCC)cc3OC(C([2H])([2H])[2H])(C([2H])([2H])[2H])[C@@H]2CC1([2H])[2H].[2H]C1=C(C([2H])([2H])[2H])C([2H])([2H])C([2H])([2H])[C@]2([2H])[C@@H]1c1c(O)cc(CCCCC)cc1OC2(C([2H])([2H])[2H])C([2H])([2H])[2H].[2H]C1=C(C([2H])([2H])[2H])CC([2H])([2H])[C@]2([2H])[C@@H]1c1c(O)cc(CCCCC)cc1OC2(C([2H])([2H])[2H])C([2H])([2H])[2H].[2H]C1=C(C)C([2H])([2H])C([2H])([2H])[C@]2([2H])[C@@H]1c1c(O)cc(CCCCC)cc1OC2(C([2H])([2H])[2H])C([2H])([2H])[2H]. The summed E-state index contributed by atoms with van der Waals surface area (Å²) in [5.74, 6) is -27.6. The molecule has 6 heterocycles. The van der Waals surface area contributed by atoms with Crippen molar-refractivity contribution in [1.82, 2.24) is 0 Å². The van der Waals surface area contributed by atoms with Crippen LogP contribution in [0.1, 0.15) is 551 Å². The summed E-state index contributed by atoms with van der Waals surface area (Å²) in [6, 6.07) is 14.6. The molecule has 756 valence electrons. The fourth-order valence-corrected chi connectivity index (χ4v) is 19.9. The van der Waals surface area contributed by atoms with E-state index in [9.17, 15) is 36.1 Å². The van der Waals surface area contributed by atoms with Gasteiger partial charge in [-0.3, -0.25) is 0 Å². The third-order valence-electron chi connectivity index (χ3n) is 27.0. The molecule has 0 unspecified atom stereocenters. The van der Waals surface area contributed by atoms with Gasteiger partial charge in [-0.25, -0.2) is 0 Å². The van der Waals surface area contributed by atoms with Crippen molar-refractivity contribution in [2.75, 3.05) is 0 Å². The second-order valence-electron chi connectivity index (χ2n) is 38.0. The number of benzene rings is 6. The van der Waals surface area contributed by atoms with E-state index in [4.69, 9.17) is 115 Å². The normalized spacial score (nSPS) is 38.3. The van der Waals surface area contributed by atoms with E-state index >= 15 is 0 Å². The number of phenols is 6. The smallest absolute Gasteiger partial charge is 0.127 e. The molecule has 0 amide bonds. The Labute approximate surface area is 928 Å². The van der Waals surface area contributed by atoms with Crippen LogP contribution in [0, 0.1) is 35.4 Å². The van der Waals surface area contributed by atoms with Crippen molar-refractivity contribution in [3.63, 3.8) is 0 Å². The first-order chi connectivity index (χ1) is 92.6. The van der Waals surface area contributed by atoms with Crippen molar-refractivity contribution in [3.05, 3.63) is 209 Å². The van der Waals surface area contributed by atoms with E-state index in [-0.39, 0.29) is 92.9 Å². The van der Waals surface area contributed by atoms with Gasteiger partial charge in [-0.2, -0.15) is 0 Å². The summed E-state index contributed by atoms with van der Waals surface area (Å²) in [5, 5.41) is 65.6. The van der Waals surface area contributed by atoms with Crippen molar-refractivity contribution in [1.29, 1.82) is 0 Å². The van der Waals surface area contributed by atoms with Gasteiger partial charge in [0, 0.05) is 192 Å². The Kier molecular flexibility index (Phi) is 16.3. The van der Waals surface area contributed by atoms with Gasteiger partial charge in [0.1, 0.15) is 103 Å². The van der Waals surface area contributed by atoms with Crippen LogP contribution in [-0.2, 0) is 38.5 Å². The summed E-state index contributed by atoms with van der Waals surface area (Å²) in [7, 11) is 0. The monoisotopic (exact) mass is 1950 g/mol. The maximum atomic E-state index is 11.0. The first-order valence-corrected chi connectivity index (χ1v) is 48.6. The third-order valence-corrected chi connectivity index (χ3v) is 27.0. The van der Waals surface area contributed by atoms with Gasteiger partial charge >= 0.3 is 0 Å². The number of fused-ring (bicyclic) bond motifs is 18. The van der Waals surface area contributed by atoms with Gasteiger partial charge in [-0.1, -0.05) is 188 Å². The maximum absolute atomic E-state index is 11.0. The Balaban J connectivity index is 0.000000197. The van der Waals surface area contributed by atoms with Crippen LogP contribution in [0.25, 0.3) is 0 Å². The molecule has 12 nitrogen and oxygen atoms in total. The van der Waals surface area contributed by atoms with Gasteiger partial charge in [-0.15, -0.1) is 0 Å². The summed E-state index contributed by atoms with van der Waals surface area (Å²) >= 11 is 0. The topological polar surface area (TPSA) is 177 Å². The lowest BCUT2D eigenvalue weighted by atomic mass is 9.68. The maximum Gasteiger partial charge on any atom is 0.127 e. The predicted octanol–water partition coefficient (Wildman–Crippen LogP) is 34.4. The Hall–Kier alpha value is -8.64. The average molecular weight is 1950 g/mol. The van der Waals surface area contributed by atoms with E-state index in [2.05, 4.69) is 13.8 Å². The number of hydrogen-bond donors (Lipinski definition) is 6. The molecule has 0 fully saturated rings. The second-order valence-corrected chi connectivity index (χ2v) is 38.0. The zero-order valence-electron chi connectivity index (χ0n) is 147. The van der Waals surface area contributed by atoms with Crippen LogP contribution in [0.2, 0.25) is 0 Å². The molecule has 12 atom stereocenters. The van der Waals surface area contributed by atoms with Crippen LogP contribution >= 0.6 is 0 Å². The predicted molar refractivity (Wildman–Crippen MR) is 572 cm³/mol. The Morgan fingerprint density at radius 1 is 0.290 bits per heavy atom. The number of rotatable bonds is 24. The highest BCUT2D eigenvalue weighted by atomic mass is 16.5. The molecule has 0 saturated carbocycles. The molecule has 18 rings (SSSR count). The van der Waals surface area contributed by atoms with Crippen LogP contribution in [-0.4, -0.2) is 64.2 Å². The van der Waals surface area contributed by atoms with Crippen LogP contribution in [0.5, 0.6) is 69.0 Å². The zero-order chi connectivity index (χ0) is 157. The highest BCUT2D eigenvalue weighted by Gasteiger charge is 2.52. The van der Waals surface area contributed by atoms with E-state index in [0.29, 0.717) is 85.6 Å². The lowest BCUT2D eigenvalue weighted by molar-refractivity contribution is 0.0104. The van der Waals surface area contributed by atoms with Gasteiger partial charge in [-0.05, 0) is 383 Å². The standard InChI is InChI=1S/6C21H30O2/c6*1-5-6-7-8-15-12-18(22)20-16-11-14(2)9-10-17(16)21(3,4)23-19(20)13-15/h6*11-13,16-17,22H,5-10H2,1-4H3/t6*16-,17-/m111111/s1/i2D3,3D3,4D3,9D2,10D2,11D,17D;3D3,4D3,9D2,10D2,11D,17D;2D3,3D3,4D3,10D2,11D,17D;2D3,3D3,4D3,9D2;3D3,4D3,16D;2D3,3D3,4D3. The van der Waals surface area contributed by atoms with Crippen LogP contribution in [0.3, 0.4) is 0 Å². The number of phenolic OH excluding ortho intramolecular Hbond substituents is 6. The van der Waals surface area contributed by atoms with Gasteiger partial charge in [0.2, 0.25) is 0 Å². The molecule has 0 saturated heterocycles. The van der Waals surface area contributed by atoms with Gasteiger partial charge < -0.3 is 59.1 Å². The van der Waals surface area contributed by atoms with Crippen LogP contribution in [0.4, 0.5) is 0 Å². The Morgan fingerprint density at radius 3 is 0.928 bits per heavy atom. The van der Waals surface area contributed by atoms with E-state index in [1.54, 1.807) is 30.3 Å².